The summed E-state index contributed by atoms with van der Waals surface area (Å²) in [6.45, 7) is 5.00. The average Bonchev–Trinajstić information content (AvgIpc) is 2.62. The van der Waals surface area contributed by atoms with Crippen molar-refractivity contribution in [2.45, 2.75) is 39.5 Å². The van der Waals surface area contributed by atoms with Crippen molar-refractivity contribution in [1.82, 2.24) is 0 Å². The third kappa shape index (κ3) is 4.85. The van der Waals surface area contributed by atoms with Gasteiger partial charge in [-0.1, -0.05) is 63.4 Å². The van der Waals surface area contributed by atoms with Crippen LogP contribution < -0.4 is 4.74 Å². The maximum absolute atomic E-state index is 12.4. The highest BCUT2D eigenvalue weighted by atomic mass is 16.5. The molecular formula is C21H26O3. The van der Waals surface area contributed by atoms with Gasteiger partial charge in [0.25, 0.3) is 0 Å². The van der Waals surface area contributed by atoms with Gasteiger partial charge in [-0.05, 0) is 24.5 Å². The van der Waals surface area contributed by atoms with E-state index in [1.807, 2.05) is 18.2 Å². The Labute approximate surface area is 144 Å². The summed E-state index contributed by atoms with van der Waals surface area (Å²) < 4.78 is 5.81. The lowest BCUT2D eigenvalue weighted by Gasteiger charge is -2.16. The van der Waals surface area contributed by atoms with E-state index in [-0.39, 0.29) is 11.5 Å². The van der Waals surface area contributed by atoms with Gasteiger partial charge >= 0.3 is 0 Å². The van der Waals surface area contributed by atoms with Gasteiger partial charge in [0.05, 0.1) is 12.2 Å². The number of phenols is 1. The molecule has 2 rings (SSSR count). The molecule has 2 aromatic carbocycles. The average molecular weight is 326 g/mol. The molecule has 0 saturated heterocycles. The van der Waals surface area contributed by atoms with E-state index in [1.165, 1.54) is 18.9 Å². The minimum atomic E-state index is -0.186. The number of phenolic OH excluding ortho intramolecular Hbond substituents is 1. The summed E-state index contributed by atoms with van der Waals surface area (Å²) in [6.07, 6.45) is 4.63. The number of ketones is 1. The summed E-state index contributed by atoms with van der Waals surface area (Å²) in [5.41, 5.74) is 0.860. The van der Waals surface area contributed by atoms with Crippen molar-refractivity contribution in [3.63, 3.8) is 0 Å². The predicted molar refractivity (Wildman–Crippen MR) is 96.8 cm³/mol. The van der Waals surface area contributed by atoms with Crippen LogP contribution in [0.4, 0.5) is 0 Å². The summed E-state index contributed by atoms with van der Waals surface area (Å²) >= 11 is 0. The SMILES string of the molecule is CCCCC(CC)COc1ccc(C(=O)c2ccccc2)c(O)c1. The molecule has 128 valence electrons. The first-order valence-electron chi connectivity index (χ1n) is 8.71. The summed E-state index contributed by atoms with van der Waals surface area (Å²) in [5.74, 6) is 0.904. The molecule has 0 spiro atoms. The normalized spacial score (nSPS) is 11.9. The maximum atomic E-state index is 12.4. The lowest BCUT2D eigenvalue weighted by atomic mass is 10.0. The molecule has 0 saturated carbocycles. The number of aromatic hydroxyl groups is 1. The molecule has 0 aromatic heterocycles. The zero-order valence-corrected chi connectivity index (χ0v) is 14.5. The van der Waals surface area contributed by atoms with E-state index in [2.05, 4.69) is 13.8 Å². The highest BCUT2D eigenvalue weighted by Gasteiger charge is 2.14. The van der Waals surface area contributed by atoms with Crippen LogP contribution in [0.25, 0.3) is 0 Å². The lowest BCUT2D eigenvalue weighted by Crippen LogP contribution is -2.11. The van der Waals surface area contributed by atoms with Crippen molar-refractivity contribution in [3.05, 3.63) is 59.7 Å². The molecule has 24 heavy (non-hydrogen) atoms. The fraction of sp³-hybridized carbons (Fsp3) is 0.381. The molecular weight excluding hydrogens is 300 g/mol. The van der Waals surface area contributed by atoms with Crippen LogP contribution in [0.3, 0.4) is 0 Å². The van der Waals surface area contributed by atoms with Crippen molar-refractivity contribution in [1.29, 1.82) is 0 Å². The first kappa shape index (κ1) is 18.1. The Morgan fingerprint density at radius 1 is 1.12 bits per heavy atom. The van der Waals surface area contributed by atoms with Gasteiger partial charge in [0, 0.05) is 11.6 Å². The van der Waals surface area contributed by atoms with Crippen LogP contribution in [0.5, 0.6) is 11.5 Å². The topological polar surface area (TPSA) is 46.5 Å². The van der Waals surface area contributed by atoms with Crippen LogP contribution in [0, 0.1) is 5.92 Å². The minimum Gasteiger partial charge on any atom is -0.507 e. The number of ether oxygens (including phenoxy) is 1. The van der Waals surface area contributed by atoms with E-state index in [9.17, 15) is 9.90 Å². The summed E-state index contributed by atoms with van der Waals surface area (Å²) in [6, 6.07) is 13.9. The third-order valence-corrected chi connectivity index (χ3v) is 4.28. The second-order valence-corrected chi connectivity index (χ2v) is 6.10. The van der Waals surface area contributed by atoms with Crippen molar-refractivity contribution < 1.29 is 14.6 Å². The first-order chi connectivity index (χ1) is 11.7. The predicted octanol–water partition coefficient (Wildman–Crippen LogP) is 5.22. The zero-order chi connectivity index (χ0) is 17.4. The second-order valence-electron chi connectivity index (χ2n) is 6.10. The molecule has 1 atom stereocenters. The highest BCUT2D eigenvalue weighted by Crippen LogP contribution is 2.26. The Bertz CT molecular complexity index is 649. The molecule has 3 nitrogen and oxygen atoms in total. The second kappa shape index (κ2) is 9.11. The van der Waals surface area contributed by atoms with Gasteiger partial charge in [-0.2, -0.15) is 0 Å². The molecule has 1 unspecified atom stereocenters. The van der Waals surface area contributed by atoms with Crippen molar-refractivity contribution >= 4 is 5.78 Å². The van der Waals surface area contributed by atoms with E-state index in [1.54, 1.807) is 24.3 Å². The fourth-order valence-corrected chi connectivity index (χ4v) is 2.65. The van der Waals surface area contributed by atoms with Crippen LogP contribution in [0.1, 0.15) is 55.5 Å². The molecule has 0 radical (unpaired) electrons. The number of hydrogen-bond acceptors (Lipinski definition) is 3. The van der Waals surface area contributed by atoms with Crippen LogP contribution in [-0.2, 0) is 0 Å². The Hall–Kier alpha value is -2.29. The highest BCUT2D eigenvalue weighted by molar-refractivity contribution is 6.10. The monoisotopic (exact) mass is 326 g/mol. The first-order valence-corrected chi connectivity index (χ1v) is 8.71. The van der Waals surface area contributed by atoms with Crippen LogP contribution in [-0.4, -0.2) is 17.5 Å². The Balaban J connectivity index is 2.03. The molecule has 0 amide bonds. The van der Waals surface area contributed by atoms with Gasteiger partial charge in [-0.25, -0.2) is 0 Å². The van der Waals surface area contributed by atoms with E-state index in [4.69, 9.17) is 4.74 Å². The molecule has 1 N–H and O–H groups in total. The summed E-state index contributed by atoms with van der Waals surface area (Å²) in [4.78, 5) is 12.4. The van der Waals surface area contributed by atoms with Crippen molar-refractivity contribution in [3.8, 4) is 11.5 Å². The van der Waals surface area contributed by atoms with Crippen molar-refractivity contribution in [2.75, 3.05) is 6.61 Å². The lowest BCUT2D eigenvalue weighted by molar-refractivity contribution is 0.103. The Morgan fingerprint density at radius 2 is 1.88 bits per heavy atom. The maximum Gasteiger partial charge on any atom is 0.196 e. The number of carbonyl (C=O) groups excluding carboxylic acids is 1. The molecule has 0 aliphatic carbocycles. The van der Waals surface area contributed by atoms with Gasteiger partial charge < -0.3 is 9.84 Å². The molecule has 3 heteroatoms. The number of carbonyl (C=O) groups is 1. The van der Waals surface area contributed by atoms with E-state index < -0.39 is 0 Å². The zero-order valence-electron chi connectivity index (χ0n) is 14.5. The third-order valence-electron chi connectivity index (χ3n) is 4.28. The van der Waals surface area contributed by atoms with Crippen LogP contribution in [0.2, 0.25) is 0 Å². The van der Waals surface area contributed by atoms with Gasteiger partial charge in [-0.3, -0.25) is 4.79 Å². The quantitative estimate of drug-likeness (QED) is 0.643. The van der Waals surface area contributed by atoms with Crippen LogP contribution in [0.15, 0.2) is 48.5 Å². The van der Waals surface area contributed by atoms with E-state index >= 15 is 0 Å². The van der Waals surface area contributed by atoms with Gasteiger partial charge in [0.2, 0.25) is 0 Å². The number of benzene rings is 2. The van der Waals surface area contributed by atoms with Gasteiger partial charge in [0.1, 0.15) is 11.5 Å². The van der Waals surface area contributed by atoms with E-state index in [0.717, 1.165) is 12.8 Å². The van der Waals surface area contributed by atoms with Gasteiger partial charge in [-0.15, -0.1) is 0 Å². The van der Waals surface area contributed by atoms with Gasteiger partial charge in [0.15, 0.2) is 5.78 Å². The number of hydrogen-bond donors (Lipinski definition) is 1. The largest absolute Gasteiger partial charge is 0.507 e. The Kier molecular flexibility index (Phi) is 6.86. The number of unbranched alkanes of at least 4 members (excludes halogenated alkanes) is 1. The molecule has 0 bridgehead atoms. The fourth-order valence-electron chi connectivity index (χ4n) is 2.65. The molecule has 0 aliphatic heterocycles. The smallest absolute Gasteiger partial charge is 0.196 e. The molecule has 2 aromatic rings. The van der Waals surface area contributed by atoms with Crippen molar-refractivity contribution in [2.24, 2.45) is 5.92 Å². The summed E-state index contributed by atoms with van der Waals surface area (Å²) in [5, 5.41) is 10.2. The Morgan fingerprint density at radius 3 is 2.50 bits per heavy atom. The minimum absolute atomic E-state index is 0.0389. The molecule has 0 heterocycles. The molecule has 0 aliphatic rings. The van der Waals surface area contributed by atoms with E-state index in [0.29, 0.717) is 29.4 Å². The number of rotatable bonds is 9. The van der Waals surface area contributed by atoms with Crippen LogP contribution >= 0.6 is 0 Å². The summed E-state index contributed by atoms with van der Waals surface area (Å²) in [7, 11) is 0. The standard InChI is InChI=1S/C21H26O3/c1-3-5-9-16(4-2)15-24-18-12-13-19(20(22)14-18)21(23)17-10-7-6-8-11-17/h6-8,10-14,16,22H,3-5,9,15H2,1-2H3. The molecule has 0 fully saturated rings.